The van der Waals surface area contributed by atoms with Gasteiger partial charge >= 0.3 is 5.97 Å². The molecule has 0 aliphatic heterocycles. The third kappa shape index (κ3) is 2.74. The van der Waals surface area contributed by atoms with E-state index >= 15 is 0 Å². The monoisotopic (exact) mass is 180 g/mol. The summed E-state index contributed by atoms with van der Waals surface area (Å²) >= 11 is 0. The summed E-state index contributed by atoms with van der Waals surface area (Å²) in [5.41, 5.74) is 0. The van der Waals surface area contributed by atoms with Gasteiger partial charge in [-0.1, -0.05) is 0 Å². The molecule has 0 heterocycles. The molecule has 6 heteroatoms. The van der Waals surface area contributed by atoms with Gasteiger partial charge in [-0.3, -0.25) is 0 Å². The molecule has 0 unspecified atom stereocenters. The summed E-state index contributed by atoms with van der Waals surface area (Å²) < 4.78 is 4.26. The van der Waals surface area contributed by atoms with Crippen LogP contribution in [-0.2, 0) is 9.53 Å². The van der Waals surface area contributed by atoms with Crippen LogP contribution in [0.25, 0.3) is 0 Å². The molecular formula is C6H12O6. The van der Waals surface area contributed by atoms with Crippen LogP contribution in [0.5, 0.6) is 0 Å². The standard InChI is InChI=1S/C6H12O6/c1-12-6(11,5(9)10)2-4(8)3-7/h4,7-8,11H,2-3H2,1H3,(H,9,10)/t4-,6+/m0/s1. The number of hydrogen-bond donors (Lipinski definition) is 4. The van der Waals surface area contributed by atoms with Crippen molar-refractivity contribution in [3.05, 3.63) is 0 Å². The molecule has 0 radical (unpaired) electrons. The predicted molar refractivity (Wildman–Crippen MR) is 37.3 cm³/mol. The third-order valence-electron chi connectivity index (χ3n) is 1.39. The molecule has 0 aromatic rings. The first-order chi connectivity index (χ1) is 5.46. The van der Waals surface area contributed by atoms with Gasteiger partial charge in [-0.05, 0) is 0 Å². The van der Waals surface area contributed by atoms with Crippen LogP contribution in [0.2, 0.25) is 0 Å². The van der Waals surface area contributed by atoms with Crippen molar-refractivity contribution in [2.45, 2.75) is 18.3 Å². The fourth-order valence-electron chi connectivity index (χ4n) is 0.642. The van der Waals surface area contributed by atoms with E-state index in [1.807, 2.05) is 0 Å². The van der Waals surface area contributed by atoms with Gasteiger partial charge in [-0.25, -0.2) is 4.79 Å². The number of carboxylic acids is 1. The Labute approximate surface area is 69.0 Å². The minimum absolute atomic E-state index is 0.574. The van der Waals surface area contributed by atoms with Crippen LogP contribution in [0, 0.1) is 0 Å². The lowest BCUT2D eigenvalue weighted by Crippen LogP contribution is -2.44. The lowest BCUT2D eigenvalue weighted by atomic mass is 10.1. The Kier molecular flexibility index (Phi) is 4.11. The summed E-state index contributed by atoms with van der Waals surface area (Å²) in [6.45, 7) is -0.626. The van der Waals surface area contributed by atoms with Crippen molar-refractivity contribution >= 4 is 5.97 Å². The van der Waals surface area contributed by atoms with Crippen molar-refractivity contribution in [3.63, 3.8) is 0 Å². The molecule has 4 N–H and O–H groups in total. The zero-order valence-electron chi connectivity index (χ0n) is 6.60. The molecule has 0 bridgehead atoms. The zero-order valence-corrected chi connectivity index (χ0v) is 6.60. The van der Waals surface area contributed by atoms with Crippen molar-refractivity contribution in [1.29, 1.82) is 0 Å². The summed E-state index contributed by atoms with van der Waals surface area (Å²) in [5, 5.41) is 34.7. The first kappa shape index (κ1) is 11.3. The Hall–Kier alpha value is -0.690. The number of ether oxygens (including phenoxy) is 1. The third-order valence-corrected chi connectivity index (χ3v) is 1.39. The Morgan fingerprint density at radius 1 is 1.67 bits per heavy atom. The molecule has 0 fully saturated rings. The number of carbonyl (C=O) groups is 1. The van der Waals surface area contributed by atoms with Crippen LogP contribution in [0.15, 0.2) is 0 Å². The summed E-state index contributed by atoms with van der Waals surface area (Å²) in [7, 11) is 0.998. The Morgan fingerprint density at radius 2 is 2.17 bits per heavy atom. The molecule has 0 aliphatic rings. The molecule has 0 saturated carbocycles. The van der Waals surface area contributed by atoms with Crippen LogP contribution in [0.1, 0.15) is 6.42 Å². The van der Waals surface area contributed by atoms with Crippen LogP contribution in [-0.4, -0.2) is 52.0 Å². The van der Waals surface area contributed by atoms with Crippen molar-refractivity contribution in [2.24, 2.45) is 0 Å². The summed E-state index contributed by atoms with van der Waals surface area (Å²) in [6.07, 6.45) is -1.89. The van der Waals surface area contributed by atoms with Gasteiger partial charge in [0.15, 0.2) is 0 Å². The lowest BCUT2D eigenvalue weighted by molar-refractivity contribution is -0.224. The van der Waals surface area contributed by atoms with Gasteiger partial charge in [-0.2, -0.15) is 0 Å². The number of carboxylic acid groups (broad SMARTS) is 1. The van der Waals surface area contributed by atoms with E-state index in [1.165, 1.54) is 0 Å². The van der Waals surface area contributed by atoms with Crippen LogP contribution >= 0.6 is 0 Å². The highest BCUT2D eigenvalue weighted by atomic mass is 16.6. The Balaban J connectivity index is 4.23. The Morgan fingerprint density at radius 3 is 2.42 bits per heavy atom. The SMILES string of the molecule is CO[C@](O)(C[C@H](O)CO)C(=O)O. The number of hydrogen-bond acceptors (Lipinski definition) is 5. The average Bonchev–Trinajstić information content (AvgIpc) is 2.03. The molecule has 0 aliphatic carbocycles. The molecule has 12 heavy (non-hydrogen) atoms. The smallest absolute Gasteiger partial charge is 0.364 e. The van der Waals surface area contributed by atoms with Crippen LogP contribution in [0.4, 0.5) is 0 Å². The molecule has 0 spiro atoms. The molecule has 0 saturated heterocycles. The molecule has 0 aromatic carbocycles. The number of methoxy groups -OCH3 is 1. The van der Waals surface area contributed by atoms with Crippen molar-refractivity contribution in [2.75, 3.05) is 13.7 Å². The van der Waals surface area contributed by atoms with E-state index in [-0.39, 0.29) is 0 Å². The molecule has 72 valence electrons. The maximum Gasteiger partial charge on any atom is 0.364 e. The quantitative estimate of drug-likeness (QED) is 0.370. The van der Waals surface area contributed by atoms with Gasteiger partial charge in [0.2, 0.25) is 0 Å². The number of rotatable bonds is 5. The van der Waals surface area contributed by atoms with Crippen molar-refractivity contribution in [1.82, 2.24) is 0 Å². The van der Waals surface area contributed by atoms with Gasteiger partial charge in [0.25, 0.3) is 5.79 Å². The van der Waals surface area contributed by atoms with Gasteiger partial charge < -0.3 is 25.2 Å². The minimum atomic E-state index is -2.43. The highest BCUT2D eigenvalue weighted by molar-refractivity contribution is 5.75. The summed E-state index contributed by atoms with van der Waals surface area (Å²) in [4.78, 5) is 10.3. The largest absolute Gasteiger partial charge is 0.477 e. The number of aliphatic carboxylic acids is 1. The highest BCUT2D eigenvalue weighted by Gasteiger charge is 2.38. The van der Waals surface area contributed by atoms with E-state index in [1.54, 1.807) is 0 Å². The second-order valence-corrected chi connectivity index (χ2v) is 2.33. The number of aliphatic hydroxyl groups is 3. The average molecular weight is 180 g/mol. The normalized spacial score (nSPS) is 18.3. The van der Waals surface area contributed by atoms with E-state index in [2.05, 4.69) is 4.74 Å². The van der Waals surface area contributed by atoms with Gasteiger partial charge in [0.05, 0.1) is 12.7 Å². The molecule has 0 aromatic heterocycles. The topological polar surface area (TPSA) is 107 Å². The highest BCUT2D eigenvalue weighted by Crippen LogP contribution is 2.13. The van der Waals surface area contributed by atoms with Gasteiger partial charge in [0, 0.05) is 13.5 Å². The maximum atomic E-state index is 10.3. The Bertz CT molecular complexity index is 158. The van der Waals surface area contributed by atoms with Crippen molar-refractivity contribution in [3.8, 4) is 0 Å². The molecule has 2 atom stereocenters. The fourth-order valence-corrected chi connectivity index (χ4v) is 0.642. The first-order valence-electron chi connectivity index (χ1n) is 3.26. The van der Waals surface area contributed by atoms with Crippen molar-refractivity contribution < 1.29 is 30.0 Å². The molecule has 6 nitrogen and oxygen atoms in total. The predicted octanol–water partition coefficient (Wildman–Crippen LogP) is -1.85. The van der Waals surface area contributed by atoms with E-state index in [0.717, 1.165) is 7.11 Å². The van der Waals surface area contributed by atoms with E-state index in [9.17, 15) is 4.79 Å². The second-order valence-electron chi connectivity index (χ2n) is 2.33. The van der Waals surface area contributed by atoms with E-state index < -0.39 is 30.9 Å². The maximum absolute atomic E-state index is 10.3. The number of aliphatic hydroxyl groups excluding tert-OH is 2. The van der Waals surface area contributed by atoms with Gasteiger partial charge in [-0.15, -0.1) is 0 Å². The van der Waals surface area contributed by atoms with Crippen LogP contribution < -0.4 is 0 Å². The summed E-state index contributed by atoms with van der Waals surface area (Å²) in [5.74, 6) is -4.03. The fraction of sp³-hybridized carbons (Fsp3) is 0.833. The molecule has 0 rings (SSSR count). The minimum Gasteiger partial charge on any atom is -0.477 e. The lowest BCUT2D eigenvalue weighted by Gasteiger charge is -2.22. The van der Waals surface area contributed by atoms with Gasteiger partial charge in [0.1, 0.15) is 0 Å². The first-order valence-corrected chi connectivity index (χ1v) is 3.26. The molecular weight excluding hydrogens is 168 g/mol. The van der Waals surface area contributed by atoms with Crippen LogP contribution in [0.3, 0.4) is 0 Å². The zero-order chi connectivity index (χ0) is 9.78. The molecule has 0 amide bonds. The van der Waals surface area contributed by atoms with E-state index in [4.69, 9.17) is 20.4 Å². The second kappa shape index (κ2) is 4.36. The van der Waals surface area contributed by atoms with E-state index in [0.29, 0.717) is 0 Å². The summed E-state index contributed by atoms with van der Waals surface area (Å²) in [6, 6.07) is 0.